The molecule has 2 rings (SSSR count). The molecule has 5 heteroatoms. The molecule has 2 amide bonds. The van der Waals surface area contributed by atoms with Gasteiger partial charge in [-0.25, -0.2) is 4.90 Å². The van der Waals surface area contributed by atoms with E-state index in [-0.39, 0.29) is 17.9 Å². The van der Waals surface area contributed by atoms with E-state index in [4.69, 9.17) is 11.6 Å². The van der Waals surface area contributed by atoms with Crippen molar-refractivity contribution in [2.45, 2.75) is 12.8 Å². The summed E-state index contributed by atoms with van der Waals surface area (Å²) in [5.74, 6) is -1.43. The third kappa shape index (κ3) is 1.96. The Morgan fingerprint density at radius 1 is 1.24 bits per heavy atom. The van der Waals surface area contributed by atoms with Crippen LogP contribution in [0.15, 0.2) is 24.3 Å². The number of fused-ring (bicyclic) bond motifs is 1. The SMILES string of the molecule is O=C1C(=O)N(C(=O)CCCCl)c2ccccc21. The molecule has 17 heavy (non-hydrogen) atoms. The summed E-state index contributed by atoms with van der Waals surface area (Å²) >= 11 is 5.49. The Morgan fingerprint density at radius 2 is 1.94 bits per heavy atom. The highest BCUT2D eigenvalue weighted by Gasteiger charge is 2.38. The molecule has 1 aromatic carbocycles. The molecule has 0 bridgehead atoms. The van der Waals surface area contributed by atoms with Crippen LogP contribution in [0.4, 0.5) is 5.69 Å². The minimum atomic E-state index is -0.772. The number of imide groups is 1. The highest BCUT2D eigenvalue weighted by Crippen LogP contribution is 2.29. The molecule has 0 fully saturated rings. The first-order valence-electron chi connectivity index (χ1n) is 5.23. The summed E-state index contributed by atoms with van der Waals surface area (Å²) in [6.07, 6.45) is 0.650. The number of halogens is 1. The van der Waals surface area contributed by atoms with Crippen LogP contribution >= 0.6 is 11.6 Å². The summed E-state index contributed by atoms with van der Waals surface area (Å²) < 4.78 is 0. The quantitative estimate of drug-likeness (QED) is 0.608. The molecular weight excluding hydrogens is 242 g/mol. The summed E-state index contributed by atoms with van der Waals surface area (Å²) in [5.41, 5.74) is 0.666. The van der Waals surface area contributed by atoms with Crippen molar-refractivity contribution >= 4 is 34.9 Å². The Hall–Kier alpha value is -1.68. The van der Waals surface area contributed by atoms with Crippen molar-refractivity contribution in [3.05, 3.63) is 29.8 Å². The van der Waals surface area contributed by atoms with E-state index < -0.39 is 11.7 Å². The van der Waals surface area contributed by atoms with E-state index in [1.54, 1.807) is 24.3 Å². The number of alkyl halides is 1. The highest BCUT2D eigenvalue weighted by molar-refractivity contribution is 6.56. The van der Waals surface area contributed by atoms with Gasteiger partial charge in [-0.1, -0.05) is 12.1 Å². The second kappa shape index (κ2) is 4.67. The van der Waals surface area contributed by atoms with E-state index >= 15 is 0 Å². The predicted octanol–water partition coefficient (Wildman–Crippen LogP) is 1.76. The van der Waals surface area contributed by atoms with Gasteiger partial charge < -0.3 is 0 Å². The zero-order valence-electron chi connectivity index (χ0n) is 8.98. The summed E-state index contributed by atoms with van der Waals surface area (Å²) in [6.45, 7) is 0. The van der Waals surface area contributed by atoms with E-state index in [9.17, 15) is 14.4 Å². The molecule has 0 aromatic heterocycles. The highest BCUT2D eigenvalue weighted by atomic mass is 35.5. The third-order valence-corrected chi connectivity index (χ3v) is 2.83. The Bertz CT molecular complexity index is 498. The van der Waals surface area contributed by atoms with Crippen molar-refractivity contribution in [1.82, 2.24) is 0 Å². The van der Waals surface area contributed by atoms with Gasteiger partial charge in [-0.2, -0.15) is 0 Å². The summed E-state index contributed by atoms with van der Waals surface area (Å²) in [7, 11) is 0. The number of carbonyl (C=O) groups is 3. The van der Waals surface area contributed by atoms with Crippen LogP contribution in [0.5, 0.6) is 0 Å². The second-order valence-electron chi connectivity index (χ2n) is 3.67. The summed E-state index contributed by atoms with van der Waals surface area (Å²) in [5, 5.41) is 0. The third-order valence-electron chi connectivity index (χ3n) is 2.56. The number of ketones is 1. The van der Waals surface area contributed by atoms with Crippen LogP contribution < -0.4 is 4.90 Å². The van der Waals surface area contributed by atoms with Crippen molar-refractivity contribution in [2.24, 2.45) is 0 Å². The van der Waals surface area contributed by atoms with Crippen molar-refractivity contribution in [3.63, 3.8) is 0 Å². The number of para-hydroxylation sites is 1. The lowest BCUT2D eigenvalue weighted by molar-refractivity contribution is -0.124. The summed E-state index contributed by atoms with van der Waals surface area (Å²) in [4.78, 5) is 36.1. The Labute approximate surface area is 103 Å². The zero-order valence-corrected chi connectivity index (χ0v) is 9.74. The number of hydrogen-bond acceptors (Lipinski definition) is 3. The van der Waals surface area contributed by atoms with Gasteiger partial charge in [-0.05, 0) is 18.6 Å². The van der Waals surface area contributed by atoms with E-state index in [1.165, 1.54) is 0 Å². The number of Topliss-reactive ketones (excluding diaryl/α,β-unsaturated/α-hetero) is 1. The van der Waals surface area contributed by atoms with E-state index in [0.29, 0.717) is 18.0 Å². The number of benzene rings is 1. The van der Waals surface area contributed by atoms with E-state index in [0.717, 1.165) is 4.90 Å². The first-order chi connectivity index (χ1) is 8.16. The normalized spacial score (nSPS) is 14.1. The molecule has 0 N–H and O–H groups in total. The topological polar surface area (TPSA) is 54.5 Å². The van der Waals surface area contributed by atoms with Crippen LogP contribution in [-0.4, -0.2) is 23.5 Å². The van der Waals surface area contributed by atoms with Crippen molar-refractivity contribution in [1.29, 1.82) is 0 Å². The van der Waals surface area contributed by atoms with Crippen molar-refractivity contribution < 1.29 is 14.4 Å². The van der Waals surface area contributed by atoms with E-state index in [2.05, 4.69) is 0 Å². The minimum absolute atomic E-state index is 0.164. The number of anilines is 1. The number of rotatable bonds is 3. The lowest BCUT2D eigenvalue weighted by atomic mass is 10.1. The van der Waals surface area contributed by atoms with Gasteiger partial charge in [0.1, 0.15) is 0 Å². The first-order valence-corrected chi connectivity index (χ1v) is 5.77. The van der Waals surface area contributed by atoms with Crippen LogP contribution in [0.3, 0.4) is 0 Å². The largest absolute Gasteiger partial charge is 0.306 e. The lowest BCUT2D eigenvalue weighted by Crippen LogP contribution is -2.35. The van der Waals surface area contributed by atoms with Gasteiger partial charge >= 0.3 is 5.91 Å². The maximum atomic E-state index is 11.8. The molecule has 0 unspecified atom stereocenters. The standard InChI is InChI=1S/C12H10ClNO3/c13-7-3-6-10(15)14-9-5-2-1-4-8(9)11(16)12(14)17/h1-2,4-5H,3,6-7H2. The molecular formula is C12H10ClNO3. The molecule has 88 valence electrons. The number of nitrogens with zero attached hydrogens (tertiary/aromatic N) is 1. The average Bonchev–Trinajstić information content (AvgIpc) is 2.60. The van der Waals surface area contributed by atoms with Gasteiger partial charge in [0.25, 0.3) is 5.78 Å². The molecule has 1 heterocycles. The molecule has 1 aromatic rings. The van der Waals surface area contributed by atoms with Crippen molar-refractivity contribution in [2.75, 3.05) is 10.8 Å². The Kier molecular flexibility index (Phi) is 3.24. The molecule has 0 spiro atoms. The minimum Gasteiger partial charge on any atom is -0.283 e. The fourth-order valence-corrected chi connectivity index (χ4v) is 1.90. The van der Waals surface area contributed by atoms with Crippen LogP contribution in [-0.2, 0) is 9.59 Å². The fraction of sp³-hybridized carbons (Fsp3) is 0.250. The molecule has 0 saturated heterocycles. The van der Waals surface area contributed by atoms with Crippen LogP contribution in [0, 0.1) is 0 Å². The van der Waals surface area contributed by atoms with Gasteiger partial charge in [0.2, 0.25) is 5.91 Å². The maximum absolute atomic E-state index is 11.8. The molecule has 0 aliphatic carbocycles. The smallest absolute Gasteiger partial charge is 0.283 e. The lowest BCUT2D eigenvalue weighted by Gasteiger charge is -2.13. The van der Waals surface area contributed by atoms with Crippen LogP contribution in [0.25, 0.3) is 0 Å². The Morgan fingerprint density at radius 3 is 2.65 bits per heavy atom. The first kappa shape index (κ1) is 11.8. The molecule has 0 saturated carbocycles. The predicted molar refractivity (Wildman–Crippen MR) is 63.2 cm³/mol. The van der Waals surface area contributed by atoms with Gasteiger partial charge in [0.05, 0.1) is 11.3 Å². The van der Waals surface area contributed by atoms with Crippen LogP contribution in [0.2, 0.25) is 0 Å². The monoisotopic (exact) mass is 251 g/mol. The van der Waals surface area contributed by atoms with Gasteiger partial charge in [-0.3, -0.25) is 14.4 Å². The van der Waals surface area contributed by atoms with Gasteiger partial charge in [-0.15, -0.1) is 11.6 Å². The molecule has 4 nitrogen and oxygen atoms in total. The fourth-order valence-electron chi connectivity index (χ4n) is 1.76. The molecule has 1 aliphatic rings. The van der Waals surface area contributed by atoms with Gasteiger partial charge in [0, 0.05) is 12.3 Å². The van der Waals surface area contributed by atoms with Crippen LogP contribution in [0.1, 0.15) is 23.2 Å². The maximum Gasteiger partial charge on any atom is 0.306 e. The molecule has 0 atom stereocenters. The number of hydrogen-bond donors (Lipinski definition) is 0. The molecule has 1 aliphatic heterocycles. The average molecular weight is 252 g/mol. The number of amides is 2. The second-order valence-corrected chi connectivity index (χ2v) is 4.05. The number of carbonyl (C=O) groups excluding carboxylic acids is 3. The molecule has 0 radical (unpaired) electrons. The van der Waals surface area contributed by atoms with Gasteiger partial charge in [0.15, 0.2) is 0 Å². The van der Waals surface area contributed by atoms with Crippen molar-refractivity contribution in [3.8, 4) is 0 Å². The van der Waals surface area contributed by atoms with E-state index in [1.807, 2.05) is 0 Å². The Balaban J connectivity index is 2.33. The summed E-state index contributed by atoms with van der Waals surface area (Å²) in [6, 6.07) is 6.49. The zero-order chi connectivity index (χ0) is 12.4.